The Morgan fingerprint density at radius 2 is 1.58 bits per heavy atom. The first kappa shape index (κ1) is 8.59. The maximum Gasteiger partial charge on any atom is -0.0181 e. The highest BCUT2D eigenvalue weighted by molar-refractivity contribution is 5.24. The minimum atomic E-state index is 0.842. The molecule has 70 valence electrons. The second kappa shape index (κ2) is 2.49. The van der Waals surface area contributed by atoms with Gasteiger partial charge in [-0.2, -0.15) is 0 Å². The number of rotatable bonds is 3. The van der Waals surface area contributed by atoms with E-state index in [1.807, 2.05) is 0 Å². The van der Waals surface area contributed by atoms with E-state index < -0.39 is 0 Å². The van der Waals surface area contributed by atoms with Crippen LogP contribution in [0, 0.1) is 29.1 Å². The summed E-state index contributed by atoms with van der Waals surface area (Å²) < 4.78 is 0. The van der Waals surface area contributed by atoms with Crippen LogP contribution in [0.2, 0.25) is 0 Å². The fraction of sp³-hybridized carbons (Fsp3) is 1.00. The van der Waals surface area contributed by atoms with Gasteiger partial charge in [-0.15, -0.1) is 0 Å². The van der Waals surface area contributed by atoms with Crippen molar-refractivity contribution in [3.05, 3.63) is 0 Å². The summed E-state index contributed by atoms with van der Waals surface area (Å²) in [6.45, 7) is 9.68. The van der Waals surface area contributed by atoms with Gasteiger partial charge in [0.05, 0.1) is 0 Å². The van der Waals surface area contributed by atoms with Crippen molar-refractivity contribution in [3.8, 4) is 0 Å². The Morgan fingerprint density at radius 3 is 1.92 bits per heavy atom. The van der Waals surface area contributed by atoms with Crippen molar-refractivity contribution in [2.75, 3.05) is 0 Å². The second-order valence-corrected chi connectivity index (χ2v) is 5.11. The van der Waals surface area contributed by atoms with Crippen molar-refractivity contribution in [3.63, 3.8) is 0 Å². The van der Waals surface area contributed by atoms with Gasteiger partial charge < -0.3 is 0 Å². The van der Waals surface area contributed by atoms with E-state index in [1.54, 1.807) is 0 Å². The molecule has 4 unspecified atom stereocenters. The Kier molecular flexibility index (Phi) is 1.79. The lowest BCUT2D eigenvalue weighted by Crippen LogP contribution is -1.84. The molecule has 0 heterocycles. The zero-order chi connectivity index (χ0) is 8.93. The first-order valence-electron chi connectivity index (χ1n) is 5.67. The lowest BCUT2D eigenvalue weighted by molar-refractivity contribution is 0.565. The van der Waals surface area contributed by atoms with Crippen LogP contribution in [0.4, 0.5) is 0 Å². The predicted octanol–water partition coefficient (Wildman–Crippen LogP) is 3.71. The average molecular weight is 166 g/mol. The average Bonchev–Trinajstić information content (AvgIpc) is 2.81. The third-order valence-electron chi connectivity index (χ3n) is 5.01. The van der Waals surface area contributed by atoms with E-state index in [4.69, 9.17) is 0 Å². The third-order valence-corrected chi connectivity index (χ3v) is 5.01. The summed E-state index contributed by atoms with van der Waals surface area (Å²) in [5, 5.41) is 0. The number of hydrogen-bond donors (Lipinski definition) is 0. The van der Waals surface area contributed by atoms with Gasteiger partial charge in [-0.1, -0.05) is 40.5 Å². The normalized spacial score (nSPS) is 56.0. The molecular weight excluding hydrogens is 144 g/mol. The molecule has 1 spiro atoms. The molecule has 2 aliphatic rings. The Hall–Kier alpha value is 0. The lowest BCUT2D eigenvalue weighted by Gasteiger charge is -1.94. The summed E-state index contributed by atoms with van der Waals surface area (Å²) >= 11 is 0. The molecule has 2 rings (SSSR count). The Bertz CT molecular complexity index is 174. The molecule has 0 aromatic heterocycles. The maximum atomic E-state index is 2.47. The molecule has 0 aromatic rings. The van der Waals surface area contributed by atoms with Crippen molar-refractivity contribution in [2.45, 2.75) is 47.0 Å². The van der Waals surface area contributed by atoms with Crippen molar-refractivity contribution in [2.24, 2.45) is 29.1 Å². The highest BCUT2D eigenvalue weighted by atomic mass is 14.8. The van der Waals surface area contributed by atoms with Crippen molar-refractivity contribution in [1.29, 1.82) is 0 Å². The van der Waals surface area contributed by atoms with E-state index in [0.717, 1.165) is 29.1 Å². The molecule has 0 N–H and O–H groups in total. The van der Waals surface area contributed by atoms with Gasteiger partial charge in [0.2, 0.25) is 0 Å². The van der Waals surface area contributed by atoms with E-state index in [-0.39, 0.29) is 0 Å². The van der Waals surface area contributed by atoms with Gasteiger partial charge in [-0.05, 0) is 35.5 Å². The molecule has 2 aliphatic carbocycles. The van der Waals surface area contributed by atoms with Crippen LogP contribution in [0.1, 0.15) is 47.0 Å². The van der Waals surface area contributed by atoms with E-state index >= 15 is 0 Å². The van der Waals surface area contributed by atoms with Gasteiger partial charge >= 0.3 is 0 Å². The topological polar surface area (TPSA) is 0 Å². The first-order chi connectivity index (χ1) is 5.67. The SMILES string of the molecule is CCCCC1C(C)C12C(C)C2C. The zero-order valence-corrected chi connectivity index (χ0v) is 8.93. The Balaban J connectivity index is 1.89. The number of unbranched alkanes of at least 4 members (excludes halogenated alkanes) is 1. The Morgan fingerprint density at radius 1 is 1.00 bits per heavy atom. The molecule has 0 saturated heterocycles. The van der Waals surface area contributed by atoms with E-state index in [0.29, 0.717) is 0 Å². The summed E-state index contributed by atoms with van der Waals surface area (Å²) in [6.07, 6.45) is 4.34. The predicted molar refractivity (Wildman–Crippen MR) is 52.9 cm³/mol. The van der Waals surface area contributed by atoms with E-state index in [2.05, 4.69) is 27.7 Å². The molecular formula is C12H22. The van der Waals surface area contributed by atoms with Crippen LogP contribution in [-0.4, -0.2) is 0 Å². The fourth-order valence-electron chi connectivity index (χ4n) is 3.98. The minimum Gasteiger partial charge on any atom is -0.0654 e. The van der Waals surface area contributed by atoms with Crippen LogP contribution >= 0.6 is 0 Å². The highest BCUT2D eigenvalue weighted by Crippen LogP contribution is 2.82. The largest absolute Gasteiger partial charge is 0.0654 e. The van der Waals surface area contributed by atoms with E-state index in [9.17, 15) is 0 Å². The smallest absolute Gasteiger partial charge is 0.0181 e. The molecule has 0 aliphatic heterocycles. The summed E-state index contributed by atoms with van der Waals surface area (Å²) in [7, 11) is 0. The van der Waals surface area contributed by atoms with Gasteiger partial charge in [0.15, 0.2) is 0 Å². The van der Waals surface area contributed by atoms with E-state index in [1.165, 1.54) is 19.3 Å². The monoisotopic (exact) mass is 166 g/mol. The van der Waals surface area contributed by atoms with Crippen LogP contribution < -0.4 is 0 Å². The molecule has 0 nitrogen and oxygen atoms in total. The van der Waals surface area contributed by atoms with Crippen LogP contribution in [0.15, 0.2) is 0 Å². The van der Waals surface area contributed by atoms with Gasteiger partial charge in [0, 0.05) is 0 Å². The third kappa shape index (κ3) is 0.791. The van der Waals surface area contributed by atoms with Crippen molar-refractivity contribution < 1.29 is 0 Å². The summed E-state index contributed by atoms with van der Waals surface area (Å²) in [6, 6.07) is 0. The molecule has 2 saturated carbocycles. The quantitative estimate of drug-likeness (QED) is 0.599. The summed E-state index contributed by atoms with van der Waals surface area (Å²) in [5.41, 5.74) is 0.842. The maximum absolute atomic E-state index is 2.47. The zero-order valence-electron chi connectivity index (χ0n) is 8.93. The molecule has 0 aromatic carbocycles. The molecule has 0 bridgehead atoms. The van der Waals surface area contributed by atoms with Gasteiger partial charge in [-0.25, -0.2) is 0 Å². The van der Waals surface area contributed by atoms with Crippen LogP contribution in [0.25, 0.3) is 0 Å². The first-order valence-corrected chi connectivity index (χ1v) is 5.67. The molecule has 0 heteroatoms. The van der Waals surface area contributed by atoms with Crippen LogP contribution in [0.5, 0.6) is 0 Å². The van der Waals surface area contributed by atoms with Gasteiger partial charge in [0.25, 0.3) is 0 Å². The molecule has 0 radical (unpaired) electrons. The number of hydrogen-bond acceptors (Lipinski definition) is 0. The second-order valence-electron chi connectivity index (χ2n) is 5.11. The Labute approximate surface area is 76.7 Å². The van der Waals surface area contributed by atoms with Crippen molar-refractivity contribution >= 4 is 0 Å². The molecule has 4 atom stereocenters. The van der Waals surface area contributed by atoms with Crippen LogP contribution in [0.3, 0.4) is 0 Å². The van der Waals surface area contributed by atoms with Gasteiger partial charge in [0.1, 0.15) is 0 Å². The fourth-order valence-corrected chi connectivity index (χ4v) is 3.98. The minimum absolute atomic E-state index is 0.842. The van der Waals surface area contributed by atoms with Gasteiger partial charge in [-0.3, -0.25) is 0 Å². The molecule has 2 fully saturated rings. The molecule has 0 amide bonds. The molecule has 12 heavy (non-hydrogen) atoms. The summed E-state index contributed by atoms with van der Waals surface area (Å²) in [4.78, 5) is 0. The highest BCUT2D eigenvalue weighted by Gasteiger charge is 2.77. The standard InChI is InChI=1S/C12H22/c1-5-6-7-11-10(4)12(11)8(2)9(12)3/h8-11H,5-7H2,1-4H3. The van der Waals surface area contributed by atoms with Crippen molar-refractivity contribution in [1.82, 2.24) is 0 Å². The lowest BCUT2D eigenvalue weighted by atomic mass is 10.1. The summed E-state index contributed by atoms with van der Waals surface area (Å²) in [5.74, 6) is 4.22. The van der Waals surface area contributed by atoms with Crippen LogP contribution in [-0.2, 0) is 0 Å².